The fourth-order valence-electron chi connectivity index (χ4n) is 3.93. The summed E-state index contributed by atoms with van der Waals surface area (Å²) in [5.74, 6) is 1.30. The molecule has 3 rings (SSSR count). The first-order valence-electron chi connectivity index (χ1n) is 12.2. The van der Waals surface area contributed by atoms with Gasteiger partial charge < -0.3 is 28.6 Å². The lowest BCUT2D eigenvalue weighted by Crippen LogP contribution is -2.55. The highest BCUT2D eigenvalue weighted by Gasteiger charge is 2.52. The van der Waals surface area contributed by atoms with Gasteiger partial charge in [-0.25, -0.2) is 4.79 Å². The van der Waals surface area contributed by atoms with Crippen molar-refractivity contribution in [1.82, 2.24) is 9.88 Å². The fraction of sp³-hybridized carbons (Fsp3) is 0.760. The topological polar surface area (TPSA) is 73.4 Å². The molecule has 1 atom stereocenters. The predicted octanol–water partition coefficient (Wildman–Crippen LogP) is 4.00. The van der Waals surface area contributed by atoms with Gasteiger partial charge in [0.2, 0.25) is 5.88 Å². The summed E-state index contributed by atoms with van der Waals surface area (Å²) in [6.45, 7) is 23.6. The van der Waals surface area contributed by atoms with Gasteiger partial charge in [-0.1, -0.05) is 0 Å². The molecule has 0 radical (unpaired) electrons. The van der Waals surface area contributed by atoms with Gasteiger partial charge in [-0.15, -0.1) is 0 Å². The van der Waals surface area contributed by atoms with Crippen LogP contribution in [0.15, 0.2) is 12.1 Å². The van der Waals surface area contributed by atoms with Crippen molar-refractivity contribution in [3.63, 3.8) is 0 Å². The van der Waals surface area contributed by atoms with E-state index in [2.05, 4.69) is 11.8 Å². The Bertz CT molecular complexity index is 891. The van der Waals surface area contributed by atoms with Crippen molar-refractivity contribution in [2.75, 3.05) is 24.5 Å². The van der Waals surface area contributed by atoms with E-state index in [0.717, 1.165) is 11.3 Å². The highest BCUT2D eigenvalue weighted by Crippen LogP contribution is 2.37. The number of anilines is 1. The first-order chi connectivity index (χ1) is 15.4. The lowest BCUT2D eigenvalue weighted by molar-refractivity contribution is 0.00578. The zero-order valence-electron chi connectivity index (χ0n) is 22.8. The fourth-order valence-corrected chi connectivity index (χ4v) is 3.93. The van der Waals surface area contributed by atoms with Gasteiger partial charge in [0.05, 0.1) is 11.2 Å². The molecule has 0 bridgehead atoms. The number of aromatic nitrogens is 1. The van der Waals surface area contributed by atoms with Gasteiger partial charge in [0.25, 0.3) is 0 Å². The molecule has 34 heavy (non-hydrogen) atoms. The number of nitrogens with zero attached hydrogens (tertiary/aromatic N) is 3. The molecule has 190 valence electrons. The largest absolute Gasteiger partial charge is 0.495 e. The third kappa shape index (κ3) is 6.16. The molecule has 9 heteroatoms. The van der Waals surface area contributed by atoms with E-state index >= 15 is 0 Å². The number of hydrogen-bond donors (Lipinski definition) is 0. The molecule has 2 aliphatic rings. The van der Waals surface area contributed by atoms with Gasteiger partial charge in [0, 0.05) is 31.7 Å². The van der Waals surface area contributed by atoms with E-state index in [0.29, 0.717) is 25.5 Å². The average Bonchev–Trinajstić information content (AvgIpc) is 2.86. The summed E-state index contributed by atoms with van der Waals surface area (Å²) >= 11 is 0. The van der Waals surface area contributed by atoms with E-state index in [-0.39, 0.29) is 12.1 Å². The van der Waals surface area contributed by atoms with Crippen molar-refractivity contribution >= 4 is 24.5 Å². The Labute approximate surface area is 205 Å². The van der Waals surface area contributed by atoms with E-state index < -0.39 is 29.5 Å². The van der Waals surface area contributed by atoms with Gasteiger partial charge in [-0.2, -0.15) is 4.98 Å². The van der Waals surface area contributed by atoms with Crippen molar-refractivity contribution in [3.8, 4) is 5.88 Å². The predicted molar refractivity (Wildman–Crippen MR) is 135 cm³/mol. The number of piperazine rings is 1. The van der Waals surface area contributed by atoms with Crippen LogP contribution in [0.5, 0.6) is 5.88 Å². The molecule has 8 nitrogen and oxygen atoms in total. The number of hydrogen-bond acceptors (Lipinski definition) is 7. The Morgan fingerprint density at radius 1 is 1.03 bits per heavy atom. The zero-order chi connectivity index (χ0) is 25.7. The van der Waals surface area contributed by atoms with Gasteiger partial charge in [0.15, 0.2) is 0 Å². The summed E-state index contributed by atoms with van der Waals surface area (Å²) in [5.41, 5.74) is -0.948. The Balaban J connectivity index is 1.87. The molecular formula is C25H42BN3O5. The standard InChI is InChI=1S/C25H42BN3O5/c1-17-16-28(21(30)32-23(5,6)7)12-13-29(17)19-14-18(15-20(27-19)31-22(2,3)4)26-33-24(8,9)25(10,11)34-26/h14-15,17H,12-13,16H2,1-11H3/t17-/m0/s1. The molecule has 0 N–H and O–H groups in total. The van der Waals surface area contributed by atoms with Gasteiger partial charge >= 0.3 is 13.2 Å². The molecule has 3 heterocycles. The average molecular weight is 475 g/mol. The molecule has 1 amide bonds. The van der Waals surface area contributed by atoms with Crippen LogP contribution in [0.25, 0.3) is 0 Å². The van der Waals surface area contributed by atoms with Gasteiger partial charge in [0.1, 0.15) is 17.0 Å². The van der Waals surface area contributed by atoms with Crippen LogP contribution in [0, 0.1) is 0 Å². The smallest absolute Gasteiger partial charge is 0.472 e. The van der Waals surface area contributed by atoms with Crippen LogP contribution in [-0.4, -0.2) is 71.2 Å². The van der Waals surface area contributed by atoms with Crippen LogP contribution in [0.3, 0.4) is 0 Å². The van der Waals surface area contributed by atoms with E-state index in [1.165, 1.54) is 0 Å². The molecule has 0 aliphatic carbocycles. The van der Waals surface area contributed by atoms with Crippen molar-refractivity contribution < 1.29 is 23.6 Å². The summed E-state index contributed by atoms with van der Waals surface area (Å²) in [6, 6.07) is 3.96. The van der Waals surface area contributed by atoms with Crippen LogP contribution in [0.2, 0.25) is 0 Å². The second-order valence-corrected chi connectivity index (χ2v) is 12.4. The molecule has 0 spiro atoms. The van der Waals surface area contributed by atoms with E-state index in [9.17, 15) is 4.79 Å². The van der Waals surface area contributed by atoms with E-state index in [4.69, 9.17) is 23.8 Å². The highest BCUT2D eigenvalue weighted by atomic mass is 16.7. The maximum atomic E-state index is 12.6. The number of rotatable bonds is 3. The lowest BCUT2D eigenvalue weighted by Gasteiger charge is -2.41. The number of amides is 1. The molecule has 0 saturated carbocycles. The maximum absolute atomic E-state index is 12.6. The minimum absolute atomic E-state index is 0.0461. The summed E-state index contributed by atoms with van der Waals surface area (Å²) in [4.78, 5) is 21.4. The molecule has 0 aromatic carbocycles. The molecule has 1 aromatic rings. The molecule has 2 saturated heterocycles. The highest BCUT2D eigenvalue weighted by molar-refractivity contribution is 6.62. The quantitative estimate of drug-likeness (QED) is 0.612. The summed E-state index contributed by atoms with van der Waals surface area (Å²) in [5, 5.41) is 0. The third-order valence-corrected chi connectivity index (χ3v) is 6.32. The summed E-state index contributed by atoms with van der Waals surface area (Å²) < 4.78 is 24.3. The second-order valence-electron chi connectivity index (χ2n) is 12.4. The Hall–Kier alpha value is -2.00. The summed E-state index contributed by atoms with van der Waals surface area (Å²) in [7, 11) is -0.521. The molecule has 2 fully saturated rings. The van der Waals surface area contributed by atoms with Crippen LogP contribution < -0.4 is 15.1 Å². The number of pyridine rings is 1. The van der Waals surface area contributed by atoms with Crippen molar-refractivity contribution in [2.24, 2.45) is 0 Å². The van der Waals surface area contributed by atoms with Crippen LogP contribution in [0.1, 0.15) is 76.2 Å². The third-order valence-electron chi connectivity index (χ3n) is 6.32. The van der Waals surface area contributed by atoms with Gasteiger partial charge in [-0.05, 0) is 87.7 Å². The number of ether oxygens (including phenoxy) is 2. The van der Waals surface area contributed by atoms with E-state index in [1.54, 1.807) is 4.90 Å². The van der Waals surface area contributed by atoms with Gasteiger partial charge in [-0.3, -0.25) is 0 Å². The summed E-state index contributed by atoms with van der Waals surface area (Å²) in [6.07, 6.45) is -0.283. The Morgan fingerprint density at radius 2 is 1.62 bits per heavy atom. The first-order valence-corrected chi connectivity index (χ1v) is 12.2. The van der Waals surface area contributed by atoms with Crippen molar-refractivity contribution in [3.05, 3.63) is 12.1 Å². The minimum Gasteiger partial charge on any atom is -0.472 e. The molecule has 1 aromatic heterocycles. The number of carbonyl (C=O) groups excluding carboxylic acids is 1. The SMILES string of the molecule is C[C@H]1CN(C(=O)OC(C)(C)C)CCN1c1cc(B2OC(C)(C)C(C)(C)O2)cc(OC(C)(C)C)n1. The van der Waals surface area contributed by atoms with Crippen molar-refractivity contribution in [2.45, 2.75) is 105 Å². The molecule has 0 unspecified atom stereocenters. The molecule has 2 aliphatic heterocycles. The molecular weight excluding hydrogens is 433 g/mol. The van der Waals surface area contributed by atoms with Crippen LogP contribution in [0.4, 0.5) is 10.6 Å². The number of carbonyl (C=O) groups is 1. The Kier molecular flexibility index (Phi) is 6.96. The second kappa shape index (κ2) is 8.90. The first kappa shape index (κ1) is 26.6. The van der Waals surface area contributed by atoms with Crippen LogP contribution >= 0.6 is 0 Å². The van der Waals surface area contributed by atoms with Crippen molar-refractivity contribution in [1.29, 1.82) is 0 Å². The maximum Gasteiger partial charge on any atom is 0.495 e. The lowest BCUT2D eigenvalue weighted by atomic mass is 9.79. The zero-order valence-corrected chi connectivity index (χ0v) is 22.8. The normalized spacial score (nSPS) is 22.7. The minimum atomic E-state index is -0.521. The van der Waals surface area contributed by atoms with Crippen LogP contribution in [-0.2, 0) is 14.0 Å². The monoisotopic (exact) mass is 475 g/mol. The van der Waals surface area contributed by atoms with E-state index in [1.807, 2.05) is 81.4 Å². The Morgan fingerprint density at radius 3 is 2.12 bits per heavy atom.